The predicted octanol–water partition coefficient (Wildman–Crippen LogP) is 1.75. The summed E-state index contributed by atoms with van der Waals surface area (Å²) in [6, 6.07) is 6.47. The number of hydrogen-bond acceptors (Lipinski definition) is 2. The molecule has 14 heavy (non-hydrogen) atoms. The maximum atomic E-state index is 6.13. The Balaban J connectivity index is 1.94. The van der Waals surface area contributed by atoms with E-state index in [1.165, 1.54) is 29.5 Å². The van der Waals surface area contributed by atoms with E-state index in [-0.39, 0.29) is 5.54 Å². The van der Waals surface area contributed by atoms with Crippen molar-refractivity contribution < 1.29 is 4.74 Å². The van der Waals surface area contributed by atoms with Crippen molar-refractivity contribution in [1.29, 1.82) is 0 Å². The summed E-state index contributed by atoms with van der Waals surface area (Å²) in [5, 5.41) is 0. The van der Waals surface area contributed by atoms with Crippen LogP contribution in [0.25, 0.3) is 0 Å². The van der Waals surface area contributed by atoms with Crippen molar-refractivity contribution in [2.45, 2.75) is 38.0 Å². The third-order valence-electron chi connectivity index (χ3n) is 3.31. The molecule has 0 bridgehead atoms. The molecular formula is C12H15NO. The minimum atomic E-state index is 0.109. The summed E-state index contributed by atoms with van der Waals surface area (Å²) in [6.07, 6.45) is 3.38. The highest BCUT2D eigenvalue weighted by atomic mass is 16.5. The minimum absolute atomic E-state index is 0.109. The molecule has 2 nitrogen and oxygen atoms in total. The normalized spacial score (nSPS) is 22.1. The van der Waals surface area contributed by atoms with Gasteiger partial charge in [0.25, 0.3) is 0 Å². The molecule has 0 saturated heterocycles. The number of benzene rings is 1. The Hall–Kier alpha value is -0.860. The van der Waals surface area contributed by atoms with Crippen molar-refractivity contribution >= 4 is 0 Å². The Morgan fingerprint density at radius 2 is 2.14 bits per heavy atom. The number of nitrogens with two attached hydrogens (primary N) is 1. The van der Waals surface area contributed by atoms with Crippen molar-refractivity contribution in [3.05, 3.63) is 34.9 Å². The van der Waals surface area contributed by atoms with E-state index < -0.39 is 0 Å². The summed E-state index contributed by atoms with van der Waals surface area (Å²) in [6.45, 7) is 1.56. The summed E-state index contributed by atoms with van der Waals surface area (Å²) in [7, 11) is 0. The zero-order valence-electron chi connectivity index (χ0n) is 8.25. The first-order chi connectivity index (χ1) is 6.77. The van der Waals surface area contributed by atoms with Crippen molar-refractivity contribution in [2.75, 3.05) is 0 Å². The molecule has 1 heterocycles. The van der Waals surface area contributed by atoms with E-state index in [0.29, 0.717) is 0 Å². The predicted molar refractivity (Wildman–Crippen MR) is 54.8 cm³/mol. The van der Waals surface area contributed by atoms with E-state index in [4.69, 9.17) is 10.5 Å². The molecule has 0 amide bonds. The van der Waals surface area contributed by atoms with Gasteiger partial charge in [-0.2, -0.15) is 0 Å². The van der Waals surface area contributed by atoms with Crippen molar-refractivity contribution in [1.82, 2.24) is 0 Å². The zero-order chi connectivity index (χ0) is 9.60. The van der Waals surface area contributed by atoms with Gasteiger partial charge in [-0.05, 0) is 36.0 Å². The standard InChI is InChI=1S/C12H15NO/c13-12(4-5-12)6-9-2-1-3-10-7-14-8-11(9)10/h1-3H,4-8,13H2. The van der Waals surface area contributed by atoms with Crippen molar-refractivity contribution in [3.63, 3.8) is 0 Å². The van der Waals surface area contributed by atoms with Crippen LogP contribution in [0.1, 0.15) is 29.5 Å². The average Bonchev–Trinajstić information content (AvgIpc) is 2.73. The van der Waals surface area contributed by atoms with Gasteiger partial charge in [-0.1, -0.05) is 18.2 Å². The van der Waals surface area contributed by atoms with Gasteiger partial charge in [-0.15, -0.1) is 0 Å². The molecule has 0 atom stereocenters. The van der Waals surface area contributed by atoms with E-state index in [1.54, 1.807) is 0 Å². The van der Waals surface area contributed by atoms with E-state index >= 15 is 0 Å². The van der Waals surface area contributed by atoms with Crippen LogP contribution in [0.2, 0.25) is 0 Å². The first-order valence-electron chi connectivity index (χ1n) is 5.23. The van der Waals surface area contributed by atoms with E-state index in [9.17, 15) is 0 Å². The first-order valence-corrected chi connectivity index (χ1v) is 5.23. The van der Waals surface area contributed by atoms with Gasteiger partial charge in [0.15, 0.2) is 0 Å². The molecule has 3 rings (SSSR count). The van der Waals surface area contributed by atoms with Crippen LogP contribution in [0.3, 0.4) is 0 Å². The monoisotopic (exact) mass is 189 g/mol. The molecule has 2 aliphatic rings. The number of rotatable bonds is 2. The maximum absolute atomic E-state index is 6.13. The number of hydrogen-bond donors (Lipinski definition) is 1. The third-order valence-corrected chi connectivity index (χ3v) is 3.31. The lowest BCUT2D eigenvalue weighted by Crippen LogP contribution is -2.25. The lowest BCUT2D eigenvalue weighted by Gasteiger charge is -2.11. The minimum Gasteiger partial charge on any atom is -0.372 e. The molecular weight excluding hydrogens is 174 g/mol. The van der Waals surface area contributed by atoms with Crippen LogP contribution in [0.15, 0.2) is 18.2 Å². The lowest BCUT2D eigenvalue weighted by atomic mass is 9.97. The molecule has 1 aliphatic heterocycles. The molecule has 1 aromatic rings. The number of fused-ring (bicyclic) bond motifs is 1. The fourth-order valence-electron chi connectivity index (χ4n) is 2.15. The van der Waals surface area contributed by atoms with Crippen LogP contribution in [0.4, 0.5) is 0 Å². The number of ether oxygens (including phenoxy) is 1. The average molecular weight is 189 g/mol. The van der Waals surface area contributed by atoms with Gasteiger partial charge >= 0.3 is 0 Å². The first kappa shape index (κ1) is 8.45. The van der Waals surface area contributed by atoms with Crippen molar-refractivity contribution in [3.8, 4) is 0 Å². The second-order valence-corrected chi connectivity index (χ2v) is 4.59. The lowest BCUT2D eigenvalue weighted by molar-refractivity contribution is 0.134. The fourth-order valence-corrected chi connectivity index (χ4v) is 2.15. The van der Waals surface area contributed by atoms with Gasteiger partial charge in [-0.25, -0.2) is 0 Å². The summed E-state index contributed by atoms with van der Waals surface area (Å²) < 4.78 is 5.45. The summed E-state index contributed by atoms with van der Waals surface area (Å²) >= 11 is 0. The van der Waals surface area contributed by atoms with E-state index in [2.05, 4.69) is 18.2 Å². The third kappa shape index (κ3) is 1.35. The van der Waals surface area contributed by atoms with Gasteiger partial charge in [0.05, 0.1) is 13.2 Å². The molecule has 0 unspecified atom stereocenters. The molecule has 1 aromatic carbocycles. The van der Waals surface area contributed by atoms with Gasteiger partial charge in [-0.3, -0.25) is 0 Å². The Morgan fingerprint density at radius 3 is 2.93 bits per heavy atom. The van der Waals surface area contributed by atoms with Crippen LogP contribution >= 0.6 is 0 Å². The topological polar surface area (TPSA) is 35.2 Å². The summed E-state index contributed by atoms with van der Waals surface area (Å²) in [5.41, 5.74) is 10.4. The Bertz CT molecular complexity index is 369. The molecule has 1 aliphatic carbocycles. The highest BCUT2D eigenvalue weighted by molar-refractivity contribution is 5.38. The molecule has 0 radical (unpaired) electrons. The van der Waals surface area contributed by atoms with Gasteiger partial charge in [0, 0.05) is 5.54 Å². The maximum Gasteiger partial charge on any atom is 0.0727 e. The molecule has 1 saturated carbocycles. The molecule has 0 aromatic heterocycles. The Labute approximate surface area is 84.1 Å². The molecule has 1 fully saturated rings. The largest absolute Gasteiger partial charge is 0.372 e. The van der Waals surface area contributed by atoms with Gasteiger partial charge in [0.1, 0.15) is 0 Å². The Kier molecular flexibility index (Phi) is 1.70. The van der Waals surface area contributed by atoms with Gasteiger partial charge < -0.3 is 10.5 Å². The molecule has 74 valence electrons. The fraction of sp³-hybridized carbons (Fsp3) is 0.500. The smallest absolute Gasteiger partial charge is 0.0727 e. The molecule has 0 spiro atoms. The van der Waals surface area contributed by atoms with Crippen molar-refractivity contribution in [2.24, 2.45) is 5.73 Å². The van der Waals surface area contributed by atoms with Crippen LogP contribution in [-0.2, 0) is 24.4 Å². The van der Waals surface area contributed by atoms with Crippen LogP contribution in [-0.4, -0.2) is 5.54 Å². The van der Waals surface area contributed by atoms with Crippen LogP contribution < -0.4 is 5.73 Å². The second-order valence-electron chi connectivity index (χ2n) is 4.59. The van der Waals surface area contributed by atoms with Crippen LogP contribution in [0, 0.1) is 0 Å². The van der Waals surface area contributed by atoms with E-state index in [1.807, 2.05) is 0 Å². The summed E-state index contributed by atoms with van der Waals surface area (Å²) in [5.74, 6) is 0. The van der Waals surface area contributed by atoms with Gasteiger partial charge in [0.2, 0.25) is 0 Å². The molecule has 2 heteroatoms. The van der Waals surface area contributed by atoms with E-state index in [0.717, 1.165) is 19.6 Å². The molecule has 2 N–H and O–H groups in total. The summed E-state index contributed by atoms with van der Waals surface area (Å²) in [4.78, 5) is 0. The highest BCUT2D eigenvalue weighted by Gasteiger charge is 2.38. The zero-order valence-corrected chi connectivity index (χ0v) is 8.25. The second kappa shape index (κ2) is 2.81. The SMILES string of the molecule is NC1(Cc2cccc3c2COC3)CC1. The Morgan fingerprint density at radius 1 is 1.29 bits per heavy atom. The highest BCUT2D eigenvalue weighted by Crippen LogP contribution is 2.37. The van der Waals surface area contributed by atoms with Crippen LogP contribution in [0.5, 0.6) is 0 Å². The quantitative estimate of drug-likeness (QED) is 0.769.